The highest BCUT2D eigenvalue weighted by Gasteiger charge is 2.19. The number of aromatic nitrogens is 1. The normalized spacial score (nSPS) is 17.0. The largest absolute Gasteiger partial charge is 0.569 e. The minimum absolute atomic E-state index is 0.544. The minimum Gasteiger partial charge on any atom is -0.536 e. The van der Waals surface area contributed by atoms with E-state index in [1.165, 1.54) is 0 Å². The Morgan fingerprint density at radius 3 is 2.50 bits per heavy atom. The molecule has 18 heavy (non-hydrogen) atoms. The van der Waals surface area contributed by atoms with Crippen LogP contribution in [0.3, 0.4) is 0 Å². The van der Waals surface area contributed by atoms with Gasteiger partial charge in [-0.05, 0) is 26.0 Å². The highest BCUT2D eigenvalue weighted by atomic mass is 16.5. The summed E-state index contributed by atoms with van der Waals surface area (Å²) in [6, 6.07) is 4.34. The van der Waals surface area contributed by atoms with Gasteiger partial charge in [0.2, 0.25) is 0 Å². The van der Waals surface area contributed by atoms with E-state index in [1.807, 2.05) is 12.1 Å². The summed E-state index contributed by atoms with van der Waals surface area (Å²) in [7, 11) is 0.665. The van der Waals surface area contributed by atoms with Gasteiger partial charge in [-0.25, -0.2) is 4.98 Å². The van der Waals surface area contributed by atoms with Gasteiger partial charge in [0.25, 0.3) is 0 Å². The summed E-state index contributed by atoms with van der Waals surface area (Å²) in [5.41, 5.74) is 0. The lowest BCUT2D eigenvalue weighted by atomic mass is 10.2. The van der Waals surface area contributed by atoms with Crippen molar-refractivity contribution in [3.05, 3.63) is 18.3 Å². The maximum Gasteiger partial charge on any atom is 0.569 e. The van der Waals surface area contributed by atoms with Crippen LogP contribution < -0.4 is 9.55 Å². The number of pyridine rings is 1. The average Bonchev–Trinajstić information content (AvgIpc) is 2.40. The van der Waals surface area contributed by atoms with E-state index in [4.69, 9.17) is 9.68 Å². The molecule has 1 aliphatic heterocycles. The SMILES string of the molecule is CC(C)N1CCN(c2ccc(O[B]O)cn2)CC1. The summed E-state index contributed by atoms with van der Waals surface area (Å²) < 4.78 is 4.84. The van der Waals surface area contributed by atoms with Gasteiger partial charge in [0.05, 0.1) is 6.20 Å². The van der Waals surface area contributed by atoms with Gasteiger partial charge in [-0.1, -0.05) is 0 Å². The van der Waals surface area contributed by atoms with Crippen molar-refractivity contribution in [1.29, 1.82) is 0 Å². The topological polar surface area (TPSA) is 48.8 Å². The van der Waals surface area contributed by atoms with Crippen molar-refractivity contribution < 1.29 is 9.68 Å². The highest BCUT2D eigenvalue weighted by molar-refractivity contribution is 6.17. The second-order valence-corrected chi connectivity index (χ2v) is 4.69. The monoisotopic (exact) mass is 248 g/mol. The third-order valence-corrected chi connectivity index (χ3v) is 3.28. The molecular formula is C12H19BN3O2. The fourth-order valence-corrected chi connectivity index (χ4v) is 2.16. The van der Waals surface area contributed by atoms with Crippen LogP contribution in [0, 0.1) is 0 Å². The lowest BCUT2D eigenvalue weighted by Crippen LogP contribution is -2.49. The fourth-order valence-electron chi connectivity index (χ4n) is 2.16. The van der Waals surface area contributed by atoms with E-state index in [1.54, 1.807) is 6.20 Å². The third kappa shape index (κ3) is 3.14. The first-order chi connectivity index (χ1) is 8.70. The Balaban J connectivity index is 1.93. The van der Waals surface area contributed by atoms with Gasteiger partial charge in [0.1, 0.15) is 11.6 Å². The van der Waals surface area contributed by atoms with Crippen molar-refractivity contribution in [3.63, 3.8) is 0 Å². The molecule has 1 N–H and O–H groups in total. The van der Waals surface area contributed by atoms with Crippen LogP contribution in [0.4, 0.5) is 5.82 Å². The van der Waals surface area contributed by atoms with Crippen molar-refractivity contribution in [3.8, 4) is 5.75 Å². The average molecular weight is 248 g/mol. The van der Waals surface area contributed by atoms with Gasteiger partial charge in [0.15, 0.2) is 0 Å². The van der Waals surface area contributed by atoms with Crippen molar-refractivity contribution in [1.82, 2.24) is 9.88 Å². The van der Waals surface area contributed by atoms with Crippen LogP contribution in [0.1, 0.15) is 13.8 Å². The van der Waals surface area contributed by atoms with E-state index in [0.29, 0.717) is 19.5 Å². The molecule has 0 aliphatic carbocycles. The fraction of sp³-hybridized carbons (Fsp3) is 0.583. The Hall–Kier alpha value is -1.27. The van der Waals surface area contributed by atoms with Crippen LogP contribution in [-0.4, -0.2) is 54.8 Å². The molecule has 0 unspecified atom stereocenters. The Morgan fingerprint density at radius 1 is 1.28 bits per heavy atom. The predicted octanol–water partition coefficient (Wildman–Crippen LogP) is 0.517. The van der Waals surface area contributed by atoms with Gasteiger partial charge in [-0.2, -0.15) is 0 Å². The Labute approximate surface area is 109 Å². The maximum absolute atomic E-state index is 8.53. The first kappa shape index (κ1) is 13.2. The second-order valence-electron chi connectivity index (χ2n) is 4.69. The Kier molecular flexibility index (Phi) is 4.44. The molecule has 6 heteroatoms. The summed E-state index contributed by atoms with van der Waals surface area (Å²) >= 11 is 0. The molecular weight excluding hydrogens is 229 g/mol. The van der Waals surface area contributed by atoms with Crippen LogP contribution in [0.2, 0.25) is 0 Å². The van der Waals surface area contributed by atoms with Crippen LogP contribution >= 0.6 is 0 Å². The van der Waals surface area contributed by atoms with Gasteiger partial charge in [0, 0.05) is 32.2 Å². The molecule has 0 spiro atoms. The molecule has 1 aromatic heterocycles. The standard InChI is InChI=1S/C12H19BN3O2/c1-10(2)15-5-7-16(8-6-15)12-4-3-11(9-14-12)18-13-17/h3-4,9-10,17H,5-8H2,1-2H3. The molecule has 2 rings (SSSR count). The molecule has 1 aromatic rings. The maximum atomic E-state index is 8.53. The summed E-state index contributed by atoms with van der Waals surface area (Å²) in [6.45, 7) is 8.59. The van der Waals surface area contributed by atoms with E-state index in [0.717, 1.165) is 32.0 Å². The number of rotatable bonds is 4. The number of hydrogen-bond acceptors (Lipinski definition) is 5. The number of anilines is 1. The highest BCUT2D eigenvalue weighted by Crippen LogP contribution is 2.17. The quantitative estimate of drug-likeness (QED) is 0.787. The number of hydrogen-bond donors (Lipinski definition) is 1. The van der Waals surface area contributed by atoms with Gasteiger partial charge in [-0.3, -0.25) is 4.90 Å². The predicted molar refractivity (Wildman–Crippen MR) is 71.8 cm³/mol. The zero-order valence-corrected chi connectivity index (χ0v) is 10.9. The Bertz CT molecular complexity index is 364. The van der Waals surface area contributed by atoms with Crippen molar-refractivity contribution >= 4 is 13.5 Å². The molecule has 0 aromatic carbocycles. The van der Waals surface area contributed by atoms with Crippen LogP contribution in [-0.2, 0) is 0 Å². The van der Waals surface area contributed by atoms with Crippen LogP contribution in [0.15, 0.2) is 18.3 Å². The molecule has 0 saturated carbocycles. The molecule has 0 atom stereocenters. The zero-order valence-electron chi connectivity index (χ0n) is 10.9. The van der Waals surface area contributed by atoms with E-state index >= 15 is 0 Å². The molecule has 1 aliphatic rings. The molecule has 1 saturated heterocycles. The molecule has 0 amide bonds. The molecule has 1 fully saturated rings. The van der Waals surface area contributed by atoms with E-state index in [9.17, 15) is 0 Å². The van der Waals surface area contributed by atoms with E-state index in [-0.39, 0.29) is 0 Å². The lowest BCUT2D eigenvalue weighted by Gasteiger charge is -2.37. The number of piperazine rings is 1. The third-order valence-electron chi connectivity index (χ3n) is 3.28. The second kappa shape index (κ2) is 6.06. The molecule has 97 valence electrons. The van der Waals surface area contributed by atoms with Crippen molar-refractivity contribution in [2.75, 3.05) is 31.1 Å². The summed E-state index contributed by atoms with van der Waals surface area (Å²) in [4.78, 5) is 9.08. The van der Waals surface area contributed by atoms with Crippen LogP contribution in [0.5, 0.6) is 5.75 Å². The zero-order chi connectivity index (χ0) is 13.0. The van der Waals surface area contributed by atoms with E-state index in [2.05, 4.69) is 28.6 Å². The van der Waals surface area contributed by atoms with Gasteiger partial charge < -0.3 is 14.6 Å². The molecule has 2 heterocycles. The van der Waals surface area contributed by atoms with Crippen molar-refractivity contribution in [2.24, 2.45) is 0 Å². The molecule has 5 nitrogen and oxygen atoms in total. The van der Waals surface area contributed by atoms with Gasteiger partial charge in [-0.15, -0.1) is 0 Å². The lowest BCUT2D eigenvalue weighted by molar-refractivity contribution is 0.209. The first-order valence-electron chi connectivity index (χ1n) is 6.28. The number of nitrogens with zero attached hydrogens (tertiary/aromatic N) is 3. The summed E-state index contributed by atoms with van der Waals surface area (Å²) in [5.74, 6) is 1.51. The summed E-state index contributed by atoms with van der Waals surface area (Å²) in [6.07, 6.45) is 1.62. The summed E-state index contributed by atoms with van der Waals surface area (Å²) in [5, 5.41) is 8.53. The Morgan fingerprint density at radius 2 is 2.00 bits per heavy atom. The minimum atomic E-state index is 0.544. The van der Waals surface area contributed by atoms with Crippen molar-refractivity contribution in [2.45, 2.75) is 19.9 Å². The van der Waals surface area contributed by atoms with Gasteiger partial charge >= 0.3 is 7.69 Å². The smallest absolute Gasteiger partial charge is 0.536 e. The van der Waals surface area contributed by atoms with E-state index < -0.39 is 0 Å². The molecule has 1 radical (unpaired) electrons. The first-order valence-corrected chi connectivity index (χ1v) is 6.28. The van der Waals surface area contributed by atoms with Crippen LogP contribution in [0.25, 0.3) is 0 Å². The molecule has 0 bridgehead atoms.